The van der Waals surface area contributed by atoms with Gasteiger partial charge in [0.25, 0.3) is 0 Å². The SMILES string of the molecule is S=C(NCc1ccccc1)N1CCCCCC1. The Morgan fingerprint density at radius 1 is 1.06 bits per heavy atom. The summed E-state index contributed by atoms with van der Waals surface area (Å²) in [7, 11) is 0. The molecule has 1 saturated heterocycles. The summed E-state index contributed by atoms with van der Waals surface area (Å²) in [5.74, 6) is 0. The van der Waals surface area contributed by atoms with E-state index < -0.39 is 0 Å². The Morgan fingerprint density at radius 2 is 1.71 bits per heavy atom. The zero-order valence-corrected chi connectivity index (χ0v) is 11.0. The highest BCUT2D eigenvalue weighted by atomic mass is 32.1. The lowest BCUT2D eigenvalue weighted by molar-refractivity contribution is 0.427. The number of hydrogen-bond donors (Lipinski definition) is 1. The van der Waals surface area contributed by atoms with Gasteiger partial charge in [0.05, 0.1) is 0 Å². The number of thiocarbonyl (C=S) groups is 1. The third-order valence-corrected chi connectivity index (χ3v) is 3.58. The van der Waals surface area contributed by atoms with Gasteiger partial charge in [-0.15, -0.1) is 0 Å². The van der Waals surface area contributed by atoms with Gasteiger partial charge in [-0.05, 0) is 30.6 Å². The molecule has 0 aromatic heterocycles. The van der Waals surface area contributed by atoms with Crippen LogP contribution in [0.15, 0.2) is 30.3 Å². The third-order valence-electron chi connectivity index (χ3n) is 3.18. The minimum Gasteiger partial charge on any atom is -0.358 e. The minimum absolute atomic E-state index is 0.830. The summed E-state index contributed by atoms with van der Waals surface area (Å²) in [4.78, 5) is 2.31. The highest BCUT2D eigenvalue weighted by Crippen LogP contribution is 2.09. The van der Waals surface area contributed by atoms with Crippen LogP contribution >= 0.6 is 12.2 Å². The van der Waals surface area contributed by atoms with Crippen LogP contribution in [0, 0.1) is 0 Å². The van der Waals surface area contributed by atoms with Crippen molar-refractivity contribution in [3.8, 4) is 0 Å². The smallest absolute Gasteiger partial charge is 0.169 e. The Balaban J connectivity index is 1.80. The molecule has 1 aromatic rings. The fourth-order valence-electron chi connectivity index (χ4n) is 2.16. The molecule has 1 aliphatic rings. The zero-order chi connectivity index (χ0) is 11.9. The standard InChI is InChI=1S/C14H20N2S/c17-14(16-10-6-1-2-7-11-16)15-12-13-8-4-3-5-9-13/h3-5,8-9H,1-2,6-7,10-12H2,(H,15,17). The van der Waals surface area contributed by atoms with E-state index in [2.05, 4.69) is 34.5 Å². The zero-order valence-electron chi connectivity index (χ0n) is 10.2. The molecular formula is C14H20N2S. The second-order valence-electron chi connectivity index (χ2n) is 4.55. The number of likely N-dealkylation sites (tertiary alicyclic amines) is 1. The monoisotopic (exact) mass is 248 g/mol. The molecule has 1 N–H and O–H groups in total. The molecule has 1 fully saturated rings. The van der Waals surface area contributed by atoms with Crippen molar-refractivity contribution in [3.05, 3.63) is 35.9 Å². The van der Waals surface area contributed by atoms with Gasteiger partial charge in [0, 0.05) is 19.6 Å². The largest absolute Gasteiger partial charge is 0.358 e. The Labute approximate surface area is 109 Å². The van der Waals surface area contributed by atoms with Crippen LogP contribution in [0.5, 0.6) is 0 Å². The maximum atomic E-state index is 5.45. The Hall–Kier alpha value is -1.09. The average molecular weight is 248 g/mol. The van der Waals surface area contributed by atoms with Crippen LogP contribution in [0.1, 0.15) is 31.2 Å². The molecule has 1 aliphatic heterocycles. The normalized spacial score (nSPS) is 16.4. The van der Waals surface area contributed by atoms with E-state index in [1.807, 2.05) is 6.07 Å². The van der Waals surface area contributed by atoms with Crippen LogP contribution in [-0.4, -0.2) is 23.1 Å². The molecule has 0 atom stereocenters. The minimum atomic E-state index is 0.830. The number of nitrogens with one attached hydrogen (secondary N) is 1. The van der Waals surface area contributed by atoms with Crippen LogP contribution in [0.3, 0.4) is 0 Å². The van der Waals surface area contributed by atoms with Gasteiger partial charge in [-0.3, -0.25) is 0 Å². The molecule has 92 valence electrons. The third kappa shape index (κ3) is 4.00. The van der Waals surface area contributed by atoms with Gasteiger partial charge in [0.2, 0.25) is 0 Å². The maximum absolute atomic E-state index is 5.45. The summed E-state index contributed by atoms with van der Waals surface area (Å²) in [5.41, 5.74) is 1.28. The van der Waals surface area contributed by atoms with Gasteiger partial charge in [0.15, 0.2) is 5.11 Å². The second-order valence-corrected chi connectivity index (χ2v) is 4.93. The highest BCUT2D eigenvalue weighted by molar-refractivity contribution is 7.80. The van der Waals surface area contributed by atoms with Crippen LogP contribution < -0.4 is 5.32 Å². The first-order chi connectivity index (χ1) is 8.36. The van der Waals surface area contributed by atoms with Crippen LogP contribution in [0.2, 0.25) is 0 Å². The van der Waals surface area contributed by atoms with E-state index >= 15 is 0 Å². The predicted octanol–water partition coefficient (Wildman–Crippen LogP) is 2.94. The maximum Gasteiger partial charge on any atom is 0.169 e. The number of hydrogen-bond acceptors (Lipinski definition) is 1. The molecule has 2 rings (SSSR count). The highest BCUT2D eigenvalue weighted by Gasteiger charge is 2.11. The first kappa shape index (κ1) is 12.4. The molecule has 0 unspecified atom stereocenters. The summed E-state index contributed by atoms with van der Waals surface area (Å²) in [6.07, 6.45) is 5.23. The Morgan fingerprint density at radius 3 is 2.35 bits per heavy atom. The van der Waals surface area contributed by atoms with Crippen molar-refractivity contribution in [2.24, 2.45) is 0 Å². The van der Waals surface area contributed by atoms with Crippen molar-refractivity contribution >= 4 is 17.3 Å². The molecule has 17 heavy (non-hydrogen) atoms. The summed E-state index contributed by atoms with van der Waals surface area (Å²) >= 11 is 5.45. The molecule has 0 radical (unpaired) electrons. The first-order valence-corrected chi connectivity index (χ1v) is 6.84. The topological polar surface area (TPSA) is 15.3 Å². The van der Waals surface area contributed by atoms with E-state index in [-0.39, 0.29) is 0 Å². The van der Waals surface area contributed by atoms with E-state index in [4.69, 9.17) is 12.2 Å². The van der Waals surface area contributed by atoms with Crippen LogP contribution in [-0.2, 0) is 6.54 Å². The summed E-state index contributed by atoms with van der Waals surface area (Å²) in [5, 5.41) is 4.27. The molecule has 0 aliphatic carbocycles. The predicted molar refractivity (Wildman–Crippen MR) is 75.9 cm³/mol. The van der Waals surface area contributed by atoms with E-state index in [1.54, 1.807) is 0 Å². The number of benzene rings is 1. The Bertz CT molecular complexity index is 342. The van der Waals surface area contributed by atoms with E-state index in [1.165, 1.54) is 31.2 Å². The van der Waals surface area contributed by atoms with Crippen molar-refractivity contribution in [3.63, 3.8) is 0 Å². The molecule has 2 nitrogen and oxygen atoms in total. The quantitative estimate of drug-likeness (QED) is 0.810. The molecule has 0 saturated carbocycles. The van der Waals surface area contributed by atoms with Crippen molar-refractivity contribution in [1.82, 2.24) is 10.2 Å². The summed E-state index contributed by atoms with van der Waals surface area (Å²) < 4.78 is 0. The first-order valence-electron chi connectivity index (χ1n) is 6.43. The van der Waals surface area contributed by atoms with E-state index in [0.29, 0.717) is 0 Å². The van der Waals surface area contributed by atoms with Crippen LogP contribution in [0.4, 0.5) is 0 Å². The van der Waals surface area contributed by atoms with Crippen molar-refractivity contribution in [1.29, 1.82) is 0 Å². The molecule has 3 heteroatoms. The summed E-state index contributed by atoms with van der Waals surface area (Å²) in [6, 6.07) is 10.4. The van der Waals surface area contributed by atoms with Crippen molar-refractivity contribution in [2.75, 3.05) is 13.1 Å². The average Bonchev–Trinajstić information content (AvgIpc) is 2.66. The lowest BCUT2D eigenvalue weighted by Gasteiger charge is -2.23. The Kier molecular flexibility index (Phi) is 4.80. The number of nitrogens with zero attached hydrogens (tertiary/aromatic N) is 1. The molecule has 1 heterocycles. The lowest BCUT2D eigenvalue weighted by atomic mass is 10.2. The molecule has 0 bridgehead atoms. The molecule has 0 spiro atoms. The van der Waals surface area contributed by atoms with Gasteiger partial charge in [0.1, 0.15) is 0 Å². The fraction of sp³-hybridized carbons (Fsp3) is 0.500. The van der Waals surface area contributed by atoms with E-state index in [9.17, 15) is 0 Å². The second kappa shape index (κ2) is 6.60. The molecule has 0 amide bonds. The van der Waals surface area contributed by atoms with Gasteiger partial charge in [-0.2, -0.15) is 0 Å². The van der Waals surface area contributed by atoms with Gasteiger partial charge >= 0.3 is 0 Å². The fourth-order valence-corrected chi connectivity index (χ4v) is 2.41. The van der Waals surface area contributed by atoms with Gasteiger partial charge < -0.3 is 10.2 Å². The van der Waals surface area contributed by atoms with Crippen molar-refractivity contribution < 1.29 is 0 Å². The lowest BCUT2D eigenvalue weighted by Crippen LogP contribution is -2.39. The van der Waals surface area contributed by atoms with Gasteiger partial charge in [-0.1, -0.05) is 43.2 Å². The van der Waals surface area contributed by atoms with E-state index in [0.717, 1.165) is 24.7 Å². The van der Waals surface area contributed by atoms with Crippen LogP contribution in [0.25, 0.3) is 0 Å². The molecular weight excluding hydrogens is 228 g/mol. The number of rotatable bonds is 2. The van der Waals surface area contributed by atoms with Gasteiger partial charge in [-0.25, -0.2) is 0 Å². The molecule has 1 aromatic carbocycles. The summed E-state index contributed by atoms with van der Waals surface area (Å²) in [6.45, 7) is 3.05. The van der Waals surface area contributed by atoms with Crippen molar-refractivity contribution in [2.45, 2.75) is 32.2 Å².